The van der Waals surface area contributed by atoms with Crippen molar-refractivity contribution < 1.29 is 9.32 Å². The zero-order valence-electron chi connectivity index (χ0n) is 11.9. The third kappa shape index (κ3) is 2.80. The Kier molecular flexibility index (Phi) is 3.82. The van der Waals surface area contributed by atoms with E-state index in [9.17, 15) is 4.79 Å². The zero-order valence-corrected chi connectivity index (χ0v) is 11.9. The first-order chi connectivity index (χ1) is 10.8. The van der Waals surface area contributed by atoms with Crippen LogP contribution in [0.1, 0.15) is 21.8 Å². The standard InChI is InChI=1S/C16H14N4O2/c1-11-14(15(20-22-11)12-6-3-2-4-7-12)16(21)19-18-10-13-8-5-9-17-13/h2-10,17H,1H3,(H,19,21)/b18-10+. The lowest BCUT2D eigenvalue weighted by Gasteiger charge is -2.01. The van der Waals surface area contributed by atoms with Gasteiger partial charge in [-0.05, 0) is 19.1 Å². The molecule has 6 nitrogen and oxygen atoms in total. The highest BCUT2D eigenvalue weighted by molar-refractivity contribution is 6.01. The number of rotatable bonds is 4. The number of amides is 1. The molecule has 0 fully saturated rings. The van der Waals surface area contributed by atoms with Gasteiger partial charge in [0.05, 0.1) is 11.9 Å². The van der Waals surface area contributed by atoms with Crippen molar-refractivity contribution in [2.24, 2.45) is 5.10 Å². The van der Waals surface area contributed by atoms with Crippen LogP contribution in [0, 0.1) is 6.92 Å². The van der Waals surface area contributed by atoms with E-state index >= 15 is 0 Å². The molecule has 1 aromatic carbocycles. The minimum atomic E-state index is -0.361. The van der Waals surface area contributed by atoms with Gasteiger partial charge in [0.2, 0.25) is 0 Å². The zero-order chi connectivity index (χ0) is 15.4. The Bertz CT molecular complexity index is 789. The fraction of sp³-hybridized carbons (Fsp3) is 0.0625. The van der Waals surface area contributed by atoms with Crippen LogP contribution in [0.5, 0.6) is 0 Å². The molecule has 6 heteroatoms. The van der Waals surface area contributed by atoms with Crippen molar-refractivity contribution in [1.82, 2.24) is 15.6 Å². The van der Waals surface area contributed by atoms with E-state index in [1.807, 2.05) is 42.5 Å². The van der Waals surface area contributed by atoms with Crippen LogP contribution in [0.15, 0.2) is 58.3 Å². The van der Waals surface area contributed by atoms with Gasteiger partial charge < -0.3 is 9.51 Å². The second-order valence-corrected chi connectivity index (χ2v) is 4.65. The molecule has 0 aliphatic heterocycles. The molecule has 0 radical (unpaired) electrons. The monoisotopic (exact) mass is 294 g/mol. The molecule has 22 heavy (non-hydrogen) atoms. The van der Waals surface area contributed by atoms with Crippen LogP contribution in [-0.2, 0) is 0 Å². The molecule has 0 aliphatic rings. The van der Waals surface area contributed by atoms with Gasteiger partial charge in [0, 0.05) is 11.8 Å². The average molecular weight is 294 g/mol. The number of aryl methyl sites for hydroxylation is 1. The summed E-state index contributed by atoms with van der Waals surface area (Å²) in [6, 6.07) is 13.1. The molecule has 0 spiro atoms. The Balaban J connectivity index is 1.82. The molecule has 110 valence electrons. The number of benzene rings is 1. The number of hydrogen-bond donors (Lipinski definition) is 2. The van der Waals surface area contributed by atoms with Crippen LogP contribution < -0.4 is 5.43 Å². The van der Waals surface area contributed by atoms with E-state index in [0.29, 0.717) is 17.0 Å². The molecule has 0 atom stereocenters. The molecule has 0 saturated carbocycles. The van der Waals surface area contributed by atoms with Crippen LogP contribution in [0.3, 0.4) is 0 Å². The predicted molar refractivity (Wildman–Crippen MR) is 82.5 cm³/mol. The summed E-state index contributed by atoms with van der Waals surface area (Å²) < 4.78 is 5.15. The Hall–Kier alpha value is -3.15. The first-order valence-corrected chi connectivity index (χ1v) is 6.74. The van der Waals surface area contributed by atoms with E-state index in [1.165, 1.54) is 6.21 Å². The van der Waals surface area contributed by atoms with Gasteiger partial charge in [-0.25, -0.2) is 5.43 Å². The molecule has 0 aliphatic carbocycles. The van der Waals surface area contributed by atoms with Crippen LogP contribution in [0.2, 0.25) is 0 Å². The largest absolute Gasteiger partial charge is 0.360 e. The molecule has 1 amide bonds. The number of carbonyl (C=O) groups excluding carboxylic acids is 1. The van der Waals surface area contributed by atoms with Gasteiger partial charge in [0.25, 0.3) is 5.91 Å². The van der Waals surface area contributed by atoms with Gasteiger partial charge in [0.1, 0.15) is 17.0 Å². The van der Waals surface area contributed by atoms with Crippen molar-refractivity contribution in [3.63, 3.8) is 0 Å². The first-order valence-electron chi connectivity index (χ1n) is 6.74. The van der Waals surface area contributed by atoms with Crippen molar-refractivity contribution in [2.45, 2.75) is 6.92 Å². The molecule has 0 bridgehead atoms. The second kappa shape index (κ2) is 6.09. The van der Waals surface area contributed by atoms with Crippen LogP contribution in [-0.4, -0.2) is 22.3 Å². The number of nitrogens with one attached hydrogen (secondary N) is 2. The van der Waals surface area contributed by atoms with E-state index in [-0.39, 0.29) is 5.91 Å². The van der Waals surface area contributed by atoms with Crippen molar-refractivity contribution in [2.75, 3.05) is 0 Å². The summed E-state index contributed by atoms with van der Waals surface area (Å²) in [5.41, 5.74) is 4.99. The van der Waals surface area contributed by atoms with Crippen LogP contribution in [0.25, 0.3) is 11.3 Å². The molecular formula is C16H14N4O2. The van der Waals surface area contributed by atoms with Crippen molar-refractivity contribution in [3.8, 4) is 11.3 Å². The Morgan fingerprint density at radius 3 is 2.82 bits per heavy atom. The van der Waals surface area contributed by atoms with E-state index < -0.39 is 0 Å². The Morgan fingerprint density at radius 2 is 2.09 bits per heavy atom. The summed E-state index contributed by atoms with van der Waals surface area (Å²) in [5.74, 6) is 0.0897. The minimum absolute atomic E-state index is 0.361. The normalized spacial score (nSPS) is 11.0. The number of H-pyrrole nitrogens is 1. The Morgan fingerprint density at radius 1 is 1.27 bits per heavy atom. The predicted octanol–water partition coefficient (Wildman–Crippen LogP) is 2.74. The maximum Gasteiger partial charge on any atom is 0.277 e. The number of aromatic nitrogens is 2. The van der Waals surface area contributed by atoms with Crippen molar-refractivity contribution >= 4 is 12.1 Å². The molecule has 2 N–H and O–H groups in total. The topological polar surface area (TPSA) is 83.3 Å². The average Bonchev–Trinajstić information content (AvgIpc) is 3.17. The van der Waals surface area contributed by atoms with Crippen LogP contribution in [0.4, 0.5) is 0 Å². The number of nitrogens with zero attached hydrogens (tertiary/aromatic N) is 2. The molecule has 0 unspecified atom stereocenters. The van der Waals surface area contributed by atoms with Gasteiger partial charge in [-0.1, -0.05) is 35.5 Å². The van der Waals surface area contributed by atoms with E-state index in [1.54, 1.807) is 13.1 Å². The third-order valence-corrected chi connectivity index (χ3v) is 3.13. The number of hydrogen-bond acceptors (Lipinski definition) is 4. The van der Waals surface area contributed by atoms with Crippen LogP contribution >= 0.6 is 0 Å². The molecular weight excluding hydrogens is 280 g/mol. The summed E-state index contributed by atoms with van der Waals surface area (Å²) in [6.07, 6.45) is 3.31. The van der Waals surface area contributed by atoms with Gasteiger partial charge >= 0.3 is 0 Å². The summed E-state index contributed by atoms with van der Waals surface area (Å²) in [7, 11) is 0. The molecule has 3 rings (SSSR count). The molecule has 3 aromatic rings. The lowest BCUT2D eigenvalue weighted by atomic mass is 10.1. The SMILES string of the molecule is Cc1onc(-c2ccccc2)c1C(=O)N/N=C/c1ccc[nH]1. The lowest BCUT2D eigenvalue weighted by molar-refractivity contribution is 0.0954. The minimum Gasteiger partial charge on any atom is -0.360 e. The third-order valence-electron chi connectivity index (χ3n) is 3.13. The lowest BCUT2D eigenvalue weighted by Crippen LogP contribution is -2.18. The molecule has 0 saturated heterocycles. The Labute approximate surface area is 126 Å². The highest BCUT2D eigenvalue weighted by Gasteiger charge is 2.21. The van der Waals surface area contributed by atoms with E-state index in [2.05, 4.69) is 20.7 Å². The molecule has 2 aromatic heterocycles. The highest BCUT2D eigenvalue weighted by Crippen LogP contribution is 2.24. The summed E-state index contributed by atoms with van der Waals surface area (Å²) in [6.45, 7) is 1.70. The molecule has 2 heterocycles. The smallest absolute Gasteiger partial charge is 0.277 e. The highest BCUT2D eigenvalue weighted by atomic mass is 16.5. The number of hydrazone groups is 1. The van der Waals surface area contributed by atoms with Gasteiger partial charge in [-0.15, -0.1) is 0 Å². The second-order valence-electron chi connectivity index (χ2n) is 4.65. The summed E-state index contributed by atoms with van der Waals surface area (Å²) in [5, 5.41) is 7.89. The van der Waals surface area contributed by atoms with Gasteiger partial charge in [0.15, 0.2) is 0 Å². The fourth-order valence-electron chi connectivity index (χ4n) is 2.07. The van der Waals surface area contributed by atoms with Gasteiger partial charge in [-0.3, -0.25) is 4.79 Å². The van der Waals surface area contributed by atoms with Gasteiger partial charge in [-0.2, -0.15) is 5.10 Å². The number of carbonyl (C=O) groups is 1. The maximum atomic E-state index is 12.3. The summed E-state index contributed by atoms with van der Waals surface area (Å²) >= 11 is 0. The fourth-order valence-corrected chi connectivity index (χ4v) is 2.07. The maximum absolute atomic E-state index is 12.3. The quantitative estimate of drug-likeness (QED) is 0.573. The number of aromatic amines is 1. The van der Waals surface area contributed by atoms with Crippen molar-refractivity contribution in [3.05, 3.63) is 65.7 Å². The summed E-state index contributed by atoms with van der Waals surface area (Å²) in [4.78, 5) is 15.3. The van der Waals surface area contributed by atoms with E-state index in [4.69, 9.17) is 4.52 Å². The van der Waals surface area contributed by atoms with Crippen molar-refractivity contribution in [1.29, 1.82) is 0 Å². The first kappa shape index (κ1) is 13.8. The van der Waals surface area contributed by atoms with E-state index in [0.717, 1.165) is 11.3 Å².